The van der Waals surface area contributed by atoms with Crippen molar-refractivity contribution in [3.8, 4) is 5.75 Å². The van der Waals surface area contributed by atoms with Crippen LogP contribution in [0.15, 0.2) is 18.2 Å². The van der Waals surface area contributed by atoms with Crippen molar-refractivity contribution in [3.63, 3.8) is 0 Å². The molecule has 1 rings (SSSR count). The monoisotopic (exact) mass is 241 g/mol. The molecule has 1 N–H and O–H groups in total. The molecule has 0 heterocycles. The fraction of sp³-hybridized carbons (Fsp3) is 0.538. The lowest BCUT2D eigenvalue weighted by Gasteiger charge is -2.20. The third-order valence-corrected chi connectivity index (χ3v) is 2.62. The lowest BCUT2D eigenvalue weighted by molar-refractivity contribution is 0.113. The van der Waals surface area contributed by atoms with E-state index in [1.54, 1.807) is 6.07 Å². The molecular formula is C13H20FNO2. The van der Waals surface area contributed by atoms with Crippen LogP contribution in [-0.4, -0.2) is 36.3 Å². The number of hydrogen-bond acceptors (Lipinski definition) is 3. The first-order chi connectivity index (χ1) is 8.17. The van der Waals surface area contributed by atoms with Crippen molar-refractivity contribution in [2.45, 2.75) is 20.4 Å². The van der Waals surface area contributed by atoms with Crippen molar-refractivity contribution in [1.82, 2.24) is 4.90 Å². The third kappa shape index (κ3) is 4.71. The molecule has 0 aliphatic carbocycles. The summed E-state index contributed by atoms with van der Waals surface area (Å²) in [4.78, 5) is 2.17. The zero-order valence-electron chi connectivity index (χ0n) is 10.4. The fourth-order valence-electron chi connectivity index (χ4n) is 1.59. The highest BCUT2D eigenvalue weighted by molar-refractivity contribution is 5.27. The Bertz CT molecular complexity index is 344. The summed E-state index contributed by atoms with van der Waals surface area (Å²) in [6, 6.07) is 4.50. The Kier molecular flexibility index (Phi) is 5.94. The minimum Gasteiger partial charge on any atom is -0.505 e. The molecule has 0 aliphatic rings. The van der Waals surface area contributed by atoms with Gasteiger partial charge in [0.1, 0.15) is 0 Å². The highest BCUT2D eigenvalue weighted by atomic mass is 19.1. The molecule has 0 bridgehead atoms. The van der Waals surface area contributed by atoms with Crippen LogP contribution in [0, 0.1) is 5.82 Å². The van der Waals surface area contributed by atoms with Gasteiger partial charge in [-0.2, -0.15) is 0 Å². The Morgan fingerprint density at radius 1 is 1.35 bits per heavy atom. The molecule has 0 fully saturated rings. The predicted molar refractivity (Wildman–Crippen MR) is 65.5 cm³/mol. The average molecular weight is 241 g/mol. The number of phenolic OH excluding ortho intramolecular Hbond substituents is 1. The van der Waals surface area contributed by atoms with E-state index in [0.717, 1.165) is 18.7 Å². The van der Waals surface area contributed by atoms with Gasteiger partial charge in [-0.1, -0.05) is 13.0 Å². The molecule has 0 saturated carbocycles. The van der Waals surface area contributed by atoms with Crippen molar-refractivity contribution < 1.29 is 14.2 Å². The maximum absolute atomic E-state index is 13.1. The standard InChI is InChI=1S/C13H20FNO2/c1-3-15(7-8-17-4-2)10-11-5-6-13(16)12(14)9-11/h5-6,9,16H,3-4,7-8,10H2,1-2H3. The second-order valence-electron chi connectivity index (χ2n) is 3.85. The molecule has 1 aromatic rings. The molecule has 4 heteroatoms. The van der Waals surface area contributed by atoms with Crippen LogP contribution in [0.1, 0.15) is 19.4 Å². The average Bonchev–Trinajstić information content (AvgIpc) is 2.32. The number of likely N-dealkylation sites (N-methyl/N-ethyl adjacent to an activating group) is 1. The van der Waals surface area contributed by atoms with Crippen LogP contribution in [-0.2, 0) is 11.3 Å². The van der Waals surface area contributed by atoms with E-state index in [4.69, 9.17) is 9.84 Å². The summed E-state index contributed by atoms with van der Waals surface area (Å²) in [7, 11) is 0. The van der Waals surface area contributed by atoms with Crippen LogP contribution < -0.4 is 0 Å². The van der Waals surface area contributed by atoms with E-state index in [2.05, 4.69) is 11.8 Å². The van der Waals surface area contributed by atoms with Crippen molar-refractivity contribution in [2.24, 2.45) is 0 Å². The number of halogens is 1. The van der Waals surface area contributed by atoms with Gasteiger partial charge in [-0.3, -0.25) is 4.90 Å². The molecule has 17 heavy (non-hydrogen) atoms. The quantitative estimate of drug-likeness (QED) is 0.744. The molecule has 0 aliphatic heterocycles. The normalized spacial score (nSPS) is 11.1. The van der Waals surface area contributed by atoms with Gasteiger partial charge in [0, 0.05) is 19.7 Å². The first-order valence-corrected chi connectivity index (χ1v) is 5.94. The summed E-state index contributed by atoms with van der Waals surface area (Å²) < 4.78 is 18.4. The van der Waals surface area contributed by atoms with Crippen LogP contribution in [0.25, 0.3) is 0 Å². The highest BCUT2D eigenvalue weighted by Crippen LogP contribution is 2.17. The maximum Gasteiger partial charge on any atom is 0.165 e. The molecule has 1 aromatic carbocycles. The van der Waals surface area contributed by atoms with Crippen LogP contribution >= 0.6 is 0 Å². The van der Waals surface area contributed by atoms with Gasteiger partial charge in [0.25, 0.3) is 0 Å². The van der Waals surface area contributed by atoms with Crippen LogP contribution in [0.4, 0.5) is 4.39 Å². The van der Waals surface area contributed by atoms with Gasteiger partial charge < -0.3 is 9.84 Å². The second-order valence-corrected chi connectivity index (χ2v) is 3.85. The molecule has 0 spiro atoms. The van der Waals surface area contributed by atoms with E-state index in [-0.39, 0.29) is 5.75 Å². The molecule has 0 amide bonds. The Morgan fingerprint density at radius 2 is 2.12 bits per heavy atom. The number of nitrogens with zero attached hydrogens (tertiary/aromatic N) is 1. The highest BCUT2D eigenvalue weighted by Gasteiger charge is 2.06. The van der Waals surface area contributed by atoms with E-state index in [1.165, 1.54) is 12.1 Å². The van der Waals surface area contributed by atoms with Crippen molar-refractivity contribution in [3.05, 3.63) is 29.6 Å². The van der Waals surface area contributed by atoms with Gasteiger partial charge >= 0.3 is 0 Å². The largest absolute Gasteiger partial charge is 0.505 e. The smallest absolute Gasteiger partial charge is 0.165 e. The first-order valence-electron chi connectivity index (χ1n) is 5.94. The first kappa shape index (κ1) is 13.9. The van der Waals surface area contributed by atoms with Gasteiger partial charge in [-0.05, 0) is 31.2 Å². The number of aromatic hydroxyl groups is 1. The molecule has 0 saturated heterocycles. The molecule has 0 aromatic heterocycles. The molecule has 0 atom stereocenters. The maximum atomic E-state index is 13.1. The van der Waals surface area contributed by atoms with Gasteiger partial charge in [0.05, 0.1) is 6.61 Å². The number of phenols is 1. The van der Waals surface area contributed by atoms with Crippen molar-refractivity contribution >= 4 is 0 Å². The van der Waals surface area contributed by atoms with E-state index < -0.39 is 5.82 Å². The minimum absolute atomic E-state index is 0.300. The van der Waals surface area contributed by atoms with Crippen LogP contribution in [0.5, 0.6) is 5.75 Å². The summed E-state index contributed by atoms with van der Waals surface area (Å²) in [6.45, 7) is 7.80. The van der Waals surface area contributed by atoms with Crippen LogP contribution in [0.2, 0.25) is 0 Å². The van der Waals surface area contributed by atoms with Gasteiger partial charge in [-0.15, -0.1) is 0 Å². The van der Waals surface area contributed by atoms with Gasteiger partial charge in [0.2, 0.25) is 0 Å². The molecule has 3 nitrogen and oxygen atoms in total. The van der Waals surface area contributed by atoms with Crippen molar-refractivity contribution in [2.75, 3.05) is 26.3 Å². The van der Waals surface area contributed by atoms with E-state index >= 15 is 0 Å². The van der Waals surface area contributed by atoms with Crippen LogP contribution in [0.3, 0.4) is 0 Å². The molecular weight excluding hydrogens is 221 g/mol. The van der Waals surface area contributed by atoms with E-state index in [1.807, 2.05) is 6.92 Å². The lowest BCUT2D eigenvalue weighted by Crippen LogP contribution is -2.27. The molecule has 96 valence electrons. The predicted octanol–water partition coefficient (Wildman–Crippen LogP) is 2.39. The third-order valence-electron chi connectivity index (χ3n) is 2.62. The van der Waals surface area contributed by atoms with E-state index in [9.17, 15) is 4.39 Å². The lowest BCUT2D eigenvalue weighted by atomic mass is 10.2. The summed E-state index contributed by atoms with van der Waals surface area (Å²) in [5.41, 5.74) is 0.860. The number of benzene rings is 1. The summed E-state index contributed by atoms with van der Waals surface area (Å²) in [5, 5.41) is 9.10. The summed E-state index contributed by atoms with van der Waals surface area (Å²) >= 11 is 0. The Morgan fingerprint density at radius 3 is 2.71 bits per heavy atom. The number of hydrogen-bond donors (Lipinski definition) is 1. The summed E-state index contributed by atoms with van der Waals surface area (Å²) in [6.07, 6.45) is 0. The summed E-state index contributed by atoms with van der Waals surface area (Å²) in [5.74, 6) is -0.866. The van der Waals surface area contributed by atoms with E-state index in [0.29, 0.717) is 19.8 Å². The van der Waals surface area contributed by atoms with Crippen molar-refractivity contribution in [1.29, 1.82) is 0 Å². The number of rotatable bonds is 7. The minimum atomic E-state index is -0.566. The SMILES string of the molecule is CCOCCN(CC)Cc1ccc(O)c(F)c1. The second kappa shape index (κ2) is 7.25. The fourth-order valence-corrected chi connectivity index (χ4v) is 1.59. The zero-order chi connectivity index (χ0) is 12.7. The Labute approximate surface area is 102 Å². The Hall–Kier alpha value is -1.13. The van der Waals surface area contributed by atoms with Gasteiger partial charge in [-0.25, -0.2) is 4.39 Å². The molecule has 0 unspecified atom stereocenters. The van der Waals surface area contributed by atoms with Gasteiger partial charge in [0.15, 0.2) is 11.6 Å². The Balaban J connectivity index is 2.51. The topological polar surface area (TPSA) is 32.7 Å². The molecule has 0 radical (unpaired) electrons. The zero-order valence-corrected chi connectivity index (χ0v) is 10.4. The number of ether oxygens (including phenoxy) is 1.